The Bertz CT molecular complexity index is 1090. The lowest BCUT2D eigenvalue weighted by Crippen LogP contribution is -2.48. The molecule has 0 aromatic heterocycles. The number of rotatable bonds is 6. The third kappa shape index (κ3) is 3.73. The fourth-order valence-corrected chi connectivity index (χ4v) is 6.00. The molecule has 5 atom stereocenters. The minimum atomic E-state index is -0.831. The van der Waals surface area contributed by atoms with E-state index in [9.17, 15) is 19.5 Å². The maximum absolute atomic E-state index is 13.2. The molecule has 7 nitrogen and oxygen atoms in total. The van der Waals surface area contributed by atoms with Crippen molar-refractivity contribution in [3.8, 4) is 11.1 Å². The minimum Gasteiger partial charge on any atom is -0.481 e. The quantitative estimate of drug-likeness (QED) is 0.676. The number of alkyl carbamates (subject to hydrolysis) is 1. The van der Waals surface area contributed by atoms with E-state index < -0.39 is 29.9 Å². The molecule has 2 amide bonds. The van der Waals surface area contributed by atoms with Crippen molar-refractivity contribution in [1.29, 1.82) is 0 Å². The highest BCUT2D eigenvalue weighted by molar-refractivity contribution is 5.83. The summed E-state index contributed by atoms with van der Waals surface area (Å²) < 4.78 is 5.62. The van der Waals surface area contributed by atoms with E-state index in [1.165, 1.54) is 11.1 Å². The Morgan fingerprint density at radius 2 is 1.65 bits per heavy atom. The summed E-state index contributed by atoms with van der Waals surface area (Å²) in [7, 11) is 0. The Hall–Kier alpha value is -3.35. The van der Waals surface area contributed by atoms with Crippen LogP contribution < -0.4 is 5.32 Å². The third-order valence-electron chi connectivity index (χ3n) is 7.94. The van der Waals surface area contributed by atoms with Crippen LogP contribution in [-0.2, 0) is 14.3 Å². The van der Waals surface area contributed by atoms with Crippen LogP contribution in [0.5, 0.6) is 0 Å². The van der Waals surface area contributed by atoms with Gasteiger partial charge in [-0.1, -0.05) is 55.5 Å². The number of aliphatic carboxylic acids is 1. The van der Waals surface area contributed by atoms with E-state index in [1.807, 2.05) is 24.3 Å². The summed E-state index contributed by atoms with van der Waals surface area (Å²) >= 11 is 0. The number of ether oxygens (including phenoxy) is 1. The zero-order chi connectivity index (χ0) is 24.0. The van der Waals surface area contributed by atoms with Gasteiger partial charge in [0.1, 0.15) is 6.61 Å². The molecule has 2 heterocycles. The molecule has 2 bridgehead atoms. The van der Waals surface area contributed by atoms with Crippen LogP contribution in [0.2, 0.25) is 0 Å². The van der Waals surface area contributed by atoms with Crippen molar-refractivity contribution in [3.63, 3.8) is 0 Å². The van der Waals surface area contributed by atoms with Gasteiger partial charge in [-0.05, 0) is 48.4 Å². The highest BCUT2D eigenvalue weighted by Gasteiger charge is 2.52. The molecule has 3 aliphatic rings. The zero-order valence-electron chi connectivity index (χ0n) is 19.4. The first-order chi connectivity index (χ1) is 16.4. The molecule has 2 aromatic rings. The molecule has 2 saturated heterocycles. The molecule has 2 aliphatic heterocycles. The van der Waals surface area contributed by atoms with Crippen molar-refractivity contribution < 1.29 is 24.2 Å². The molecule has 5 rings (SSSR count). The van der Waals surface area contributed by atoms with Crippen molar-refractivity contribution in [3.05, 3.63) is 59.7 Å². The molecular weight excluding hydrogens is 432 g/mol. The molecular formula is C27H30N2O5. The first-order valence-electron chi connectivity index (χ1n) is 12.0. The number of nitrogens with one attached hydrogen (secondary N) is 1. The summed E-state index contributed by atoms with van der Waals surface area (Å²) in [6.45, 7) is 3.78. The van der Waals surface area contributed by atoms with Crippen LogP contribution in [0, 0.1) is 11.8 Å². The number of carbonyl (C=O) groups excluding carboxylic acids is 2. The van der Waals surface area contributed by atoms with Crippen molar-refractivity contribution in [2.45, 2.75) is 57.2 Å². The highest BCUT2D eigenvalue weighted by Crippen LogP contribution is 2.45. The normalized spacial score (nSPS) is 24.3. The van der Waals surface area contributed by atoms with Crippen molar-refractivity contribution in [2.24, 2.45) is 11.8 Å². The van der Waals surface area contributed by atoms with Crippen LogP contribution in [0.1, 0.15) is 50.2 Å². The number of hydrogen-bond acceptors (Lipinski definition) is 4. The van der Waals surface area contributed by atoms with E-state index in [1.54, 1.807) is 18.7 Å². The van der Waals surface area contributed by atoms with Gasteiger partial charge >= 0.3 is 12.1 Å². The van der Waals surface area contributed by atoms with E-state index in [4.69, 9.17) is 4.74 Å². The lowest BCUT2D eigenvalue weighted by molar-refractivity contribution is -0.143. The summed E-state index contributed by atoms with van der Waals surface area (Å²) in [5.74, 6) is -1.91. The second-order valence-electron chi connectivity index (χ2n) is 9.77. The first-order valence-corrected chi connectivity index (χ1v) is 12.0. The van der Waals surface area contributed by atoms with Crippen LogP contribution in [-0.4, -0.2) is 52.7 Å². The fraction of sp³-hybridized carbons (Fsp3) is 0.444. The Labute approximate surface area is 199 Å². The summed E-state index contributed by atoms with van der Waals surface area (Å²) in [5.41, 5.74) is 4.62. The number of amides is 2. The van der Waals surface area contributed by atoms with Gasteiger partial charge in [0.2, 0.25) is 5.91 Å². The summed E-state index contributed by atoms with van der Waals surface area (Å²) in [6.07, 6.45) is 1.55. The molecule has 34 heavy (non-hydrogen) atoms. The monoisotopic (exact) mass is 462 g/mol. The Morgan fingerprint density at radius 1 is 1.03 bits per heavy atom. The standard InChI is InChI=1S/C27H30N2O5/c1-15(25(30)29-17-11-12-24(29)22(13-17)26(31)32)16(2)28-27(33)34-14-23-20-9-5-3-7-18(20)19-8-4-6-10-21(19)23/h3-10,15-17,22-24H,11-14H2,1-2H3,(H,28,33)(H,31,32). The molecule has 0 spiro atoms. The van der Waals surface area contributed by atoms with Gasteiger partial charge in [-0.15, -0.1) is 0 Å². The summed E-state index contributed by atoms with van der Waals surface area (Å²) in [4.78, 5) is 39.1. The second kappa shape index (κ2) is 8.78. The number of benzene rings is 2. The van der Waals surface area contributed by atoms with Crippen molar-refractivity contribution in [2.75, 3.05) is 6.61 Å². The number of nitrogens with zero attached hydrogens (tertiary/aromatic N) is 1. The Morgan fingerprint density at radius 3 is 2.24 bits per heavy atom. The number of fused-ring (bicyclic) bond motifs is 5. The average Bonchev–Trinajstić information content (AvgIpc) is 3.51. The summed E-state index contributed by atoms with van der Waals surface area (Å²) in [6, 6.07) is 15.6. The number of carboxylic acids is 1. The molecule has 0 radical (unpaired) electrons. The smallest absolute Gasteiger partial charge is 0.407 e. The van der Waals surface area contributed by atoms with Crippen LogP contribution in [0.25, 0.3) is 11.1 Å². The zero-order valence-corrected chi connectivity index (χ0v) is 19.4. The lowest BCUT2D eigenvalue weighted by Gasteiger charge is -2.29. The van der Waals surface area contributed by atoms with Crippen molar-refractivity contribution >= 4 is 18.0 Å². The lowest BCUT2D eigenvalue weighted by atomic mass is 9.89. The average molecular weight is 463 g/mol. The molecule has 0 saturated carbocycles. The topological polar surface area (TPSA) is 95.9 Å². The third-order valence-corrected chi connectivity index (χ3v) is 7.94. The van der Waals surface area contributed by atoms with Gasteiger partial charge in [0, 0.05) is 24.0 Å². The molecule has 7 heteroatoms. The van der Waals surface area contributed by atoms with Gasteiger partial charge < -0.3 is 20.1 Å². The van der Waals surface area contributed by atoms with Crippen LogP contribution in [0.3, 0.4) is 0 Å². The molecule has 2 N–H and O–H groups in total. The maximum Gasteiger partial charge on any atom is 0.407 e. The predicted molar refractivity (Wildman–Crippen MR) is 126 cm³/mol. The highest BCUT2D eigenvalue weighted by atomic mass is 16.5. The number of carboxylic acid groups (broad SMARTS) is 1. The van der Waals surface area contributed by atoms with Crippen LogP contribution >= 0.6 is 0 Å². The van der Waals surface area contributed by atoms with E-state index in [0.29, 0.717) is 6.42 Å². The number of carbonyl (C=O) groups is 3. The predicted octanol–water partition coefficient (Wildman–Crippen LogP) is 4.01. The van der Waals surface area contributed by atoms with Gasteiger partial charge in [-0.3, -0.25) is 9.59 Å². The van der Waals surface area contributed by atoms with Gasteiger partial charge in [0.05, 0.1) is 11.8 Å². The minimum absolute atomic E-state index is 0.0114. The van der Waals surface area contributed by atoms with E-state index in [-0.39, 0.29) is 30.5 Å². The fourth-order valence-electron chi connectivity index (χ4n) is 6.00. The molecule has 2 fully saturated rings. The van der Waals surface area contributed by atoms with E-state index in [2.05, 4.69) is 29.6 Å². The Balaban J connectivity index is 1.19. The Kier molecular flexibility index (Phi) is 5.80. The van der Waals surface area contributed by atoms with Crippen LogP contribution in [0.4, 0.5) is 4.79 Å². The van der Waals surface area contributed by atoms with E-state index in [0.717, 1.165) is 24.0 Å². The second-order valence-corrected chi connectivity index (χ2v) is 9.77. The number of hydrogen-bond donors (Lipinski definition) is 2. The first kappa shape index (κ1) is 22.4. The van der Waals surface area contributed by atoms with Crippen molar-refractivity contribution in [1.82, 2.24) is 10.2 Å². The molecule has 2 aromatic carbocycles. The SMILES string of the molecule is CC(NC(=O)OCC1c2ccccc2-c2ccccc21)C(C)C(=O)N1C2CCC1C(C(=O)O)C2. The van der Waals surface area contributed by atoms with Gasteiger partial charge in [-0.2, -0.15) is 0 Å². The van der Waals surface area contributed by atoms with Gasteiger partial charge in [0.25, 0.3) is 0 Å². The molecule has 1 aliphatic carbocycles. The molecule has 5 unspecified atom stereocenters. The maximum atomic E-state index is 13.2. The molecule has 178 valence electrons. The van der Waals surface area contributed by atoms with Gasteiger partial charge in [0.15, 0.2) is 0 Å². The van der Waals surface area contributed by atoms with Gasteiger partial charge in [-0.25, -0.2) is 4.79 Å². The summed E-state index contributed by atoms with van der Waals surface area (Å²) in [5, 5.41) is 12.3. The largest absolute Gasteiger partial charge is 0.481 e. The van der Waals surface area contributed by atoms with E-state index >= 15 is 0 Å². The van der Waals surface area contributed by atoms with Crippen LogP contribution in [0.15, 0.2) is 48.5 Å².